The van der Waals surface area contributed by atoms with E-state index >= 15 is 0 Å². The van der Waals surface area contributed by atoms with Gasteiger partial charge in [-0.2, -0.15) is 0 Å². The number of hydrogen-bond acceptors (Lipinski definition) is 2. The Balaban J connectivity index is 2.30. The zero-order valence-corrected chi connectivity index (χ0v) is 11.0. The zero-order chi connectivity index (χ0) is 12.6. The molecular weight excluding hydrogens is 216 g/mol. The minimum absolute atomic E-state index is 0.0425. The van der Waals surface area contributed by atoms with E-state index < -0.39 is 5.54 Å². The molecule has 0 bridgehead atoms. The molecule has 1 heterocycles. The highest BCUT2D eigenvalue weighted by Gasteiger charge is 2.52. The second kappa shape index (κ2) is 4.31. The van der Waals surface area contributed by atoms with Gasteiger partial charge in [0.1, 0.15) is 11.6 Å². The zero-order valence-electron chi connectivity index (χ0n) is 11.0. The predicted octanol–water partition coefficient (Wildman–Crippen LogP) is 1.30. The minimum atomic E-state index is -0.614. The summed E-state index contributed by atoms with van der Waals surface area (Å²) in [7, 11) is 0. The summed E-state index contributed by atoms with van der Waals surface area (Å²) in [4.78, 5) is 26.6. The van der Waals surface area contributed by atoms with Crippen molar-refractivity contribution in [3.8, 4) is 0 Å². The molecule has 1 saturated carbocycles. The van der Waals surface area contributed by atoms with Crippen molar-refractivity contribution in [3.05, 3.63) is 0 Å². The van der Waals surface area contributed by atoms with Gasteiger partial charge in [0.2, 0.25) is 11.8 Å². The first-order valence-corrected chi connectivity index (χ1v) is 6.73. The number of carbonyl (C=O) groups is 2. The van der Waals surface area contributed by atoms with Crippen molar-refractivity contribution in [2.45, 2.75) is 58.0 Å². The van der Waals surface area contributed by atoms with Gasteiger partial charge in [0.05, 0.1) is 0 Å². The third-order valence-electron chi connectivity index (χ3n) is 4.34. The van der Waals surface area contributed by atoms with Crippen molar-refractivity contribution in [1.29, 1.82) is 0 Å². The van der Waals surface area contributed by atoms with Crippen molar-refractivity contribution in [2.24, 2.45) is 5.92 Å². The SMILES string of the molecule is CCN1C(=O)C(C2CC2)NC(=O)C1(CC)CC. The number of carbonyl (C=O) groups excluding carboxylic acids is 2. The van der Waals surface area contributed by atoms with E-state index in [2.05, 4.69) is 5.32 Å². The maximum Gasteiger partial charge on any atom is 0.246 e. The normalized spacial score (nSPS) is 28.2. The molecule has 0 aromatic heterocycles. The fourth-order valence-electron chi connectivity index (χ4n) is 3.00. The lowest BCUT2D eigenvalue weighted by Crippen LogP contribution is -2.70. The van der Waals surface area contributed by atoms with Crippen LogP contribution in [-0.4, -0.2) is 34.8 Å². The lowest BCUT2D eigenvalue weighted by Gasteiger charge is -2.47. The van der Waals surface area contributed by atoms with Gasteiger partial charge in [-0.1, -0.05) is 13.8 Å². The molecule has 2 aliphatic rings. The van der Waals surface area contributed by atoms with E-state index in [0.717, 1.165) is 12.8 Å². The Labute approximate surface area is 103 Å². The molecule has 1 aliphatic heterocycles. The Hall–Kier alpha value is -1.06. The van der Waals surface area contributed by atoms with Crippen LogP contribution in [0.25, 0.3) is 0 Å². The molecule has 0 spiro atoms. The van der Waals surface area contributed by atoms with Gasteiger partial charge < -0.3 is 10.2 Å². The molecule has 0 aromatic carbocycles. The van der Waals surface area contributed by atoms with E-state index in [1.165, 1.54) is 0 Å². The summed E-state index contributed by atoms with van der Waals surface area (Å²) >= 11 is 0. The van der Waals surface area contributed by atoms with Crippen LogP contribution in [0.1, 0.15) is 46.5 Å². The first-order valence-electron chi connectivity index (χ1n) is 6.73. The molecular formula is C13H22N2O2. The minimum Gasteiger partial charge on any atom is -0.342 e. The lowest BCUT2D eigenvalue weighted by atomic mass is 9.85. The molecule has 4 heteroatoms. The van der Waals surface area contributed by atoms with Crippen molar-refractivity contribution in [3.63, 3.8) is 0 Å². The second-order valence-electron chi connectivity index (χ2n) is 5.11. The standard InChI is InChI=1S/C13H22N2O2/c1-4-13(5-2)12(17)14-10(9-7-8-9)11(16)15(13)6-3/h9-10H,4-8H2,1-3H3,(H,14,17). The quantitative estimate of drug-likeness (QED) is 0.802. The molecule has 1 atom stereocenters. The highest BCUT2D eigenvalue weighted by molar-refractivity contribution is 6.00. The largest absolute Gasteiger partial charge is 0.342 e. The Morgan fingerprint density at radius 1 is 1.24 bits per heavy atom. The first kappa shape index (κ1) is 12.4. The van der Waals surface area contributed by atoms with E-state index in [4.69, 9.17) is 0 Å². The summed E-state index contributed by atoms with van der Waals surface area (Å²) in [5, 5.41) is 2.96. The van der Waals surface area contributed by atoms with E-state index in [9.17, 15) is 9.59 Å². The van der Waals surface area contributed by atoms with Gasteiger partial charge in [-0.25, -0.2) is 0 Å². The maximum atomic E-state index is 12.4. The molecule has 96 valence electrons. The second-order valence-corrected chi connectivity index (χ2v) is 5.11. The van der Waals surface area contributed by atoms with Crippen molar-refractivity contribution < 1.29 is 9.59 Å². The fourth-order valence-corrected chi connectivity index (χ4v) is 3.00. The molecule has 2 amide bonds. The van der Waals surface area contributed by atoms with Crippen LogP contribution in [0.5, 0.6) is 0 Å². The smallest absolute Gasteiger partial charge is 0.246 e. The molecule has 1 aliphatic carbocycles. The highest BCUT2D eigenvalue weighted by Crippen LogP contribution is 2.38. The number of nitrogens with zero attached hydrogens (tertiary/aromatic N) is 1. The van der Waals surface area contributed by atoms with Crippen molar-refractivity contribution in [2.75, 3.05) is 6.54 Å². The fraction of sp³-hybridized carbons (Fsp3) is 0.846. The van der Waals surface area contributed by atoms with E-state index in [1.807, 2.05) is 20.8 Å². The van der Waals surface area contributed by atoms with Crippen LogP contribution >= 0.6 is 0 Å². The molecule has 1 unspecified atom stereocenters. The predicted molar refractivity (Wildman–Crippen MR) is 65.4 cm³/mol. The van der Waals surface area contributed by atoms with Gasteiger partial charge in [-0.3, -0.25) is 9.59 Å². The molecule has 4 nitrogen and oxygen atoms in total. The number of piperazine rings is 1. The molecule has 0 aromatic rings. The van der Waals surface area contributed by atoms with Crippen LogP contribution in [0.2, 0.25) is 0 Å². The third kappa shape index (κ3) is 1.74. The van der Waals surface area contributed by atoms with Gasteiger partial charge in [-0.05, 0) is 38.5 Å². The molecule has 2 rings (SSSR count). The number of rotatable bonds is 4. The topological polar surface area (TPSA) is 49.4 Å². The van der Waals surface area contributed by atoms with Gasteiger partial charge in [0, 0.05) is 6.54 Å². The van der Waals surface area contributed by atoms with Gasteiger partial charge in [0.15, 0.2) is 0 Å². The van der Waals surface area contributed by atoms with E-state index in [0.29, 0.717) is 25.3 Å². The van der Waals surface area contributed by atoms with Crippen LogP contribution in [0.3, 0.4) is 0 Å². The molecule has 1 N–H and O–H groups in total. The Morgan fingerprint density at radius 2 is 1.82 bits per heavy atom. The molecule has 1 saturated heterocycles. The first-order chi connectivity index (χ1) is 8.10. The average Bonchev–Trinajstić information content (AvgIpc) is 3.15. The Bertz CT molecular complexity index is 332. The number of likely N-dealkylation sites (N-methyl/N-ethyl adjacent to an activating group) is 1. The Kier molecular flexibility index (Phi) is 3.15. The van der Waals surface area contributed by atoms with Gasteiger partial charge in [-0.15, -0.1) is 0 Å². The van der Waals surface area contributed by atoms with Gasteiger partial charge in [0.25, 0.3) is 0 Å². The number of nitrogens with one attached hydrogen (secondary N) is 1. The summed E-state index contributed by atoms with van der Waals surface area (Å²) in [5.41, 5.74) is -0.614. The molecule has 17 heavy (non-hydrogen) atoms. The summed E-state index contributed by atoms with van der Waals surface area (Å²) in [6, 6.07) is -0.256. The Morgan fingerprint density at radius 3 is 2.24 bits per heavy atom. The van der Waals surface area contributed by atoms with Crippen LogP contribution in [0.4, 0.5) is 0 Å². The van der Waals surface area contributed by atoms with E-state index in [-0.39, 0.29) is 17.9 Å². The summed E-state index contributed by atoms with van der Waals surface area (Å²) in [6.07, 6.45) is 3.51. The monoisotopic (exact) mass is 238 g/mol. The van der Waals surface area contributed by atoms with Crippen LogP contribution in [0, 0.1) is 5.92 Å². The number of hydrogen-bond donors (Lipinski definition) is 1. The van der Waals surface area contributed by atoms with Crippen molar-refractivity contribution in [1.82, 2.24) is 10.2 Å². The van der Waals surface area contributed by atoms with Crippen LogP contribution in [-0.2, 0) is 9.59 Å². The van der Waals surface area contributed by atoms with Crippen LogP contribution < -0.4 is 5.32 Å². The number of amides is 2. The average molecular weight is 238 g/mol. The molecule has 0 radical (unpaired) electrons. The molecule has 2 fully saturated rings. The summed E-state index contributed by atoms with van der Waals surface area (Å²) in [5.74, 6) is 0.548. The highest BCUT2D eigenvalue weighted by atomic mass is 16.2. The van der Waals surface area contributed by atoms with E-state index in [1.54, 1.807) is 4.90 Å². The van der Waals surface area contributed by atoms with Crippen molar-refractivity contribution >= 4 is 11.8 Å². The van der Waals surface area contributed by atoms with Gasteiger partial charge >= 0.3 is 0 Å². The maximum absolute atomic E-state index is 12.4. The lowest BCUT2D eigenvalue weighted by molar-refractivity contribution is -0.158. The van der Waals surface area contributed by atoms with Crippen LogP contribution in [0.15, 0.2) is 0 Å². The third-order valence-corrected chi connectivity index (χ3v) is 4.34. The summed E-state index contributed by atoms with van der Waals surface area (Å²) < 4.78 is 0. The summed E-state index contributed by atoms with van der Waals surface area (Å²) in [6.45, 7) is 6.55.